The molecule has 0 radical (unpaired) electrons. The van der Waals surface area contributed by atoms with Gasteiger partial charge in [-0.15, -0.1) is 5.10 Å². The van der Waals surface area contributed by atoms with Crippen molar-refractivity contribution in [3.63, 3.8) is 0 Å². The first-order valence-corrected chi connectivity index (χ1v) is 6.62. The van der Waals surface area contributed by atoms with Crippen LogP contribution in [0.5, 0.6) is 0 Å². The number of hydrogen-bond acceptors (Lipinski definition) is 5. The second kappa shape index (κ2) is 6.23. The average Bonchev–Trinajstić information content (AvgIpc) is 2.84. The molecular formula is C13H11N3O4S. The number of hydrogen-bond donors (Lipinski definition) is 3. The topological polar surface area (TPSA) is 116 Å². The molecule has 108 valence electrons. The first-order valence-electron chi connectivity index (χ1n) is 5.81. The van der Waals surface area contributed by atoms with Crippen LogP contribution in [0.3, 0.4) is 0 Å². The van der Waals surface area contributed by atoms with Crippen molar-refractivity contribution < 1.29 is 19.8 Å². The van der Waals surface area contributed by atoms with Crippen molar-refractivity contribution in [3.8, 4) is 0 Å². The Balaban J connectivity index is 2.24. The minimum atomic E-state index is -1.11. The van der Waals surface area contributed by atoms with E-state index in [-0.39, 0.29) is 10.5 Å². The van der Waals surface area contributed by atoms with Gasteiger partial charge in [-0.2, -0.15) is 0 Å². The number of carbonyl (C=O) groups is 2. The second-order valence-corrected chi connectivity index (χ2v) is 5.06. The van der Waals surface area contributed by atoms with Gasteiger partial charge in [0.15, 0.2) is 0 Å². The third-order valence-corrected chi connectivity index (χ3v) is 3.32. The molecule has 0 bridgehead atoms. The standard InChI is InChI=1S/C13H11N3O4S/c1-7-14-13(16-15-7)21-10(12(19)20)6-8-2-4-9(5-3-8)11(17)18/h2-6H,1H3,(H,17,18)(H,19,20)(H,14,15,16)/b10-6+. The number of aromatic amines is 1. The number of rotatable bonds is 5. The minimum Gasteiger partial charge on any atom is -0.478 e. The minimum absolute atomic E-state index is 0.0390. The van der Waals surface area contributed by atoms with E-state index < -0.39 is 11.9 Å². The molecule has 2 aromatic rings. The molecule has 0 fully saturated rings. The van der Waals surface area contributed by atoms with E-state index in [1.165, 1.54) is 30.3 Å². The number of carboxylic acid groups (broad SMARTS) is 2. The van der Waals surface area contributed by atoms with E-state index in [9.17, 15) is 14.7 Å². The molecular weight excluding hydrogens is 294 g/mol. The molecule has 0 unspecified atom stereocenters. The summed E-state index contributed by atoms with van der Waals surface area (Å²) >= 11 is 0.915. The summed E-state index contributed by atoms with van der Waals surface area (Å²) in [6.07, 6.45) is 1.43. The third-order valence-electron chi connectivity index (χ3n) is 2.44. The highest BCUT2D eigenvalue weighted by molar-refractivity contribution is 8.04. The number of thioether (sulfide) groups is 1. The molecule has 8 heteroatoms. The molecule has 1 aromatic heterocycles. The molecule has 7 nitrogen and oxygen atoms in total. The van der Waals surface area contributed by atoms with Crippen LogP contribution in [-0.4, -0.2) is 37.3 Å². The molecule has 0 aliphatic rings. The van der Waals surface area contributed by atoms with E-state index >= 15 is 0 Å². The Morgan fingerprint density at radius 3 is 2.38 bits per heavy atom. The van der Waals surface area contributed by atoms with Crippen LogP contribution in [0, 0.1) is 6.92 Å². The molecule has 0 aliphatic carbocycles. The van der Waals surface area contributed by atoms with Gasteiger partial charge in [-0.1, -0.05) is 12.1 Å². The number of aryl methyl sites for hydroxylation is 1. The number of benzene rings is 1. The van der Waals surface area contributed by atoms with Gasteiger partial charge in [0, 0.05) is 0 Å². The fourth-order valence-corrected chi connectivity index (χ4v) is 2.23. The van der Waals surface area contributed by atoms with Gasteiger partial charge in [0.2, 0.25) is 5.16 Å². The van der Waals surface area contributed by atoms with Gasteiger partial charge in [0.05, 0.1) is 5.56 Å². The maximum Gasteiger partial charge on any atom is 0.342 e. The van der Waals surface area contributed by atoms with E-state index in [4.69, 9.17) is 5.11 Å². The number of carboxylic acids is 2. The van der Waals surface area contributed by atoms with Crippen molar-refractivity contribution in [3.05, 3.63) is 46.1 Å². The molecule has 3 N–H and O–H groups in total. The lowest BCUT2D eigenvalue weighted by Gasteiger charge is -2.00. The molecule has 21 heavy (non-hydrogen) atoms. The SMILES string of the molecule is Cc1nc(S/C(=C/c2ccc(C(=O)O)cc2)C(=O)O)n[nH]1. The summed E-state index contributed by atoms with van der Waals surface area (Å²) in [4.78, 5) is 26.1. The zero-order valence-electron chi connectivity index (χ0n) is 10.9. The second-order valence-electron chi connectivity index (χ2n) is 4.05. The smallest absolute Gasteiger partial charge is 0.342 e. The molecule has 2 rings (SSSR count). The Kier molecular flexibility index (Phi) is 4.39. The molecule has 0 amide bonds. The predicted molar refractivity (Wildman–Crippen MR) is 76.0 cm³/mol. The first kappa shape index (κ1) is 14.8. The Hall–Kier alpha value is -2.61. The van der Waals surface area contributed by atoms with Crippen LogP contribution in [0.2, 0.25) is 0 Å². The van der Waals surface area contributed by atoms with E-state index in [0.29, 0.717) is 16.5 Å². The van der Waals surface area contributed by atoms with Crippen LogP contribution >= 0.6 is 11.8 Å². The maximum absolute atomic E-state index is 11.2. The zero-order chi connectivity index (χ0) is 15.4. The predicted octanol–water partition coefficient (Wildman–Crippen LogP) is 2.03. The van der Waals surface area contributed by atoms with Gasteiger partial charge in [-0.05, 0) is 42.5 Å². The van der Waals surface area contributed by atoms with E-state index in [1.54, 1.807) is 6.92 Å². The van der Waals surface area contributed by atoms with Gasteiger partial charge in [0.1, 0.15) is 10.7 Å². The fourth-order valence-electron chi connectivity index (χ4n) is 1.47. The van der Waals surface area contributed by atoms with Gasteiger partial charge in [0.25, 0.3) is 0 Å². The van der Waals surface area contributed by atoms with Gasteiger partial charge >= 0.3 is 11.9 Å². The van der Waals surface area contributed by atoms with Crippen molar-refractivity contribution in [2.24, 2.45) is 0 Å². The highest BCUT2D eigenvalue weighted by Gasteiger charge is 2.13. The van der Waals surface area contributed by atoms with Crippen LogP contribution in [0.15, 0.2) is 34.3 Å². The van der Waals surface area contributed by atoms with Gasteiger partial charge in [-0.3, -0.25) is 5.10 Å². The maximum atomic E-state index is 11.2. The largest absolute Gasteiger partial charge is 0.478 e. The Bertz CT molecular complexity index is 706. The lowest BCUT2D eigenvalue weighted by Crippen LogP contribution is -1.98. The zero-order valence-corrected chi connectivity index (χ0v) is 11.7. The quantitative estimate of drug-likeness (QED) is 0.571. The number of H-pyrrole nitrogens is 1. The van der Waals surface area contributed by atoms with E-state index in [1.807, 2.05) is 0 Å². The lowest BCUT2D eigenvalue weighted by molar-refractivity contribution is -0.131. The van der Waals surface area contributed by atoms with Crippen LogP contribution < -0.4 is 0 Å². The molecule has 1 heterocycles. The number of nitrogens with one attached hydrogen (secondary N) is 1. The molecule has 0 saturated heterocycles. The molecule has 0 atom stereocenters. The van der Waals surface area contributed by atoms with Crippen molar-refractivity contribution in [1.29, 1.82) is 0 Å². The van der Waals surface area contributed by atoms with Crippen LogP contribution in [0.1, 0.15) is 21.7 Å². The lowest BCUT2D eigenvalue weighted by atomic mass is 10.1. The van der Waals surface area contributed by atoms with Crippen molar-refractivity contribution in [1.82, 2.24) is 15.2 Å². The van der Waals surface area contributed by atoms with Gasteiger partial charge in [-0.25, -0.2) is 14.6 Å². The van der Waals surface area contributed by atoms with Crippen LogP contribution in [-0.2, 0) is 4.79 Å². The Morgan fingerprint density at radius 1 is 1.24 bits per heavy atom. The Labute approximate surface area is 123 Å². The number of aromatic nitrogens is 3. The van der Waals surface area contributed by atoms with Crippen LogP contribution in [0.25, 0.3) is 6.08 Å². The monoisotopic (exact) mass is 305 g/mol. The number of aromatic carboxylic acids is 1. The average molecular weight is 305 g/mol. The van der Waals surface area contributed by atoms with E-state index in [0.717, 1.165) is 11.8 Å². The summed E-state index contributed by atoms with van der Waals surface area (Å²) in [6.45, 7) is 1.71. The summed E-state index contributed by atoms with van der Waals surface area (Å²) in [5.74, 6) is -1.55. The summed E-state index contributed by atoms with van der Waals surface area (Å²) in [5.41, 5.74) is 0.721. The van der Waals surface area contributed by atoms with Crippen molar-refractivity contribution >= 4 is 29.8 Å². The van der Waals surface area contributed by atoms with Gasteiger partial charge < -0.3 is 10.2 Å². The molecule has 0 saturated carbocycles. The first-order chi connectivity index (χ1) is 9.95. The normalized spacial score (nSPS) is 11.4. The van der Waals surface area contributed by atoms with Crippen molar-refractivity contribution in [2.45, 2.75) is 12.1 Å². The highest BCUT2D eigenvalue weighted by Crippen LogP contribution is 2.25. The summed E-state index contributed by atoms with van der Waals surface area (Å²) < 4.78 is 0. The summed E-state index contributed by atoms with van der Waals surface area (Å²) in [7, 11) is 0. The Morgan fingerprint density at radius 2 is 1.90 bits per heavy atom. The van der Waals surface area contributed by atoms with Crippen LogP contribution in [0.4, 0.5) is 0 Å². The third kappa shape index (κ3) is 3.93. The highest BCUT2D eigenvalue weighted by atomic mass is 32.2. The number of aliphatic carboxylic acids is 1. The summed E-state index contributed by atoms with van der Waals surface area (Å²) in [5, 5.41) is 24.8. The fraction of sp³-hybridized carbons (Fsp3) is 0.0769. The molecule has 1 aromatic carbocycles. The number of nitrogens with zero attached hydrogens (tertiary/aromatic N) is 2. The molecule has 0 spiro atoms. The van der Waals surface area contributed by atoms with Crippen molar-refractivity contribution in [2.75, 3.05) is 0 Å². The summed E-state index contributed by atoms with van der Waals surface area (Å²) in [6, 6.07) is 5.90. The molecule has 0 aliphatic heterocycles. The van der Waals surface area contributed by atoms with E-state index in [2.05, 4.69) is 15.2 Å².